The summed E-state index contributed by atoms with van der Waals surface area (Å²) in [5.74, 6) is 0.0558. The van der Waals surface area contributed by atoms with Crippen molar-refractivity contribution >= 4 is 28.1 Å². The second kappa shape index (κ2) is 5.93. The molecule has 7 heteroatoms. The van der Waals surface area contributed by atoms with Crippen molar-refractivity contribution in [2.24, 2.45) is 0 Å². The molecule has 1 aromatic carbocycles. The van der Waals surface area contributed by atoms with Gasteiger partial charge >= 0.3 is 0 Å². The third-order valence-corrected chi connectivity index (χ3v) is 6.05. The second-order valence-electron chi connectivity index (χ2n) is 6.66. The van der Waals surface area contributed by atoms with Crippen LogP contribution in [-0.2, 0) is 0 Å². The van der Waals surface area contributed by atoms with E-state index in [1.54, 1.807) is 10.9 Å². The highest BCUT2D eigenvalue weighted by atomic mass is 32.1. The maximum atomic E-state index is 13.4. The zero-order valence-electron chi connectivity index (χ0n) is 13.8. The summed E-state index contributed by atoms with van der Waals surface area (Å²) in [5, 5.41) is 8.30. The second-order valence-corrected chi connectivity index (χ2v) is 7.54. The molecule has 6 rings (SSSR count). The highest BCUT2D eigenvalue weighted by Gasteiger charge is 2.34. The number of carbonyl (C=O) groups excluding carboxylic acids is 1. The topological polar surface area (TPSA) is 54.3 Å². The van der Waals surface area contributed by atoms with Gasteiger partial charge in [0.15, 0.2) is 5.69 Å². The number of piperidine rings is 1. The zero-order valence-corrected chi connectivity index (χ0v) is 14.7. The number of hydrogen-bond donors (Lipinski definition) is 0. The molecule has 0 spiro atoms. The molecule has 25 heavy (non-hydrogen) atoms. The summed E-state index contributed by atoms with van der Waals surface area (Å²) in [6.45, 7) is 3.96. The summed E-state index contributed by atoms with van der Waals surface area (Å²) in [6, 6.07) is 8.27. The summed E-state index contributed by atoms with van der Waals surface area (Å²) >= 11 is 1.52. The van der Waals surface area contributed by atoms with Gasteiger partial charge in [-0.1, -0.05) is 18.2 Å². The predicted octanol–water partition coefficient (Wildman–Crippen LogP) is 2.40. The number of hydrogen-bond acceptors (Lipinski definition) is 5. The molecule has 2 aromatic heterocycles. The molecule has 3 saturated heterocycles. The molecular weight excluding hydrogens is 334 g/mol. The minimum absolute atomic E-state index is 0.0558. The first-order chi connectivity index (χ1) is 12.3. The molecule has 6 nitrogen and oxygen atoms in total. The quantitative estimate of drug-likeness (QED) is 0.710. The number of rotatable bonds is 2. The Hall–Kier alpha value is -2.25. The van der Waals surface area contributed by atoms with Crippen molar-refractivity contribution in [3.8, 4) is 5.13 Å². The Morgan fingerprint density at radius 3 is 2.76 bits per heavy atom. The summed E-state index contributed by atoms with van der Waals surface area (Å²) in [6.07, 6.45) is 3.90. The molecule has 0 unspecified atom stereocenters. The van der Waals surface area contributed by atoms with Crippen LogP contribution in [0, 0.1) is 0 Å². The molecule has 0 atom stereocenters. The van der Waals surface area contributed by atoms with E-state index in [4.69, 9.17) is 0 Å². The Kier molecular flexibility index (Phi) is 3.57. The van der Waals surface area contributed by atoms with E-state index in [1.807, 2.05) is 34.5 Å². The van der Waals surface area contributed by atoms with Gasteiger partial charge in [-0.2, -0.15) is 5.10 Å². The lowest BCUT2D eigenvalue weighted by atomic mass is 10.0. The Morgan fingerprint density at radius 1 is 1.12 bits per heavy atom. The number of thiazole rings is 1. The molecule has 0 radical (unpaired) electrons. The van der Waals surface area contributed by atoms with Crippen molar-refractivity contribution < 1.29 is 4.79 Å². The lowest BCUT2D eigenvalue weighted by Gasteiger charge is -2.31. The fourth-order valence-corrected chi connectivity index (χ4v) is 4.58. The number of carbonyl (C=O) groups is 1. The lowest BCUT2D eigenvalue weighted by molar-refractivity contribution is 0.0680. The zero-order chi connectivity index (χ0) is 16.8. The highest BCUT2D eigenvalue weighted by molar-refractivity contribution is 7.12. The van der Waals surface area contributed by atoms with Gasteiger partial charge in [-0.25, -0.2) is 9.67 Å². The Balaban J connectivity index is 1.59. The number of nitrogens with zero attached hydrogens (tertiary/aromatic N) is 5. The van der Waals surface area contributed by atoms with Crippen LogP contribution in [0.15, 0.2) is 35.8 Å². The molecule has 5 heterocycles. The monoisotopic (exact) mass is 353 g/mol. The van der Waals surface area contributed by atoms with E-state index in [2.05, 4.69) is 15.0 Å². The van der Waals surface area contributed by atoms with E-state index in [0.29, 0.717) is 11.7 Å². The van der Waals surface area contributed by atoms with E-state index in [9.17, 15) is 4.79 Å². The normalized spacial score (nSPS) is 23.1. The van der Waals surface area contributed by atoms with Crippen molar-refractivity contribution in [2.75, 3.05) is 26.2 Å². The van der Waals surface area contributed by atoms with Crippen LogP contribution in [0.4, 0.5) is 0 Å². The largest absolute Gasteiger partial charge is 0.333 e. The number of amides is 1. The van der Waals surface area contributed by atoms with Crippen molar-refractivity contribution in [1.82, 2.24) is 24.6 Å². The van der Waals surface area contributed by atoms with E-state index >= 15 is 0 Å². The van der Waals surface area contributed by atoms with Crippen LogP contribution >= 0.6 is 11.3 Å². The Labute approximate surface area is 149 Å². The van der Waals surface area contributed by atoms with Gasteiger partial charge < -0.3 is 9.80 Å². The maximum absolute atomic E-state index is 13.4. The molecule has 3 aromatic rings. The Morgan fingerprint density at radius 2 is 1.96 bits per heavy atom. The molecule has 3 fully saturated rings. The SMILES string of the molecule is O=C(c1nn(-c2nccs2)c2ccccc12)N1CCN2CCC1CC2. The standard InChI is InChI=1S/C18H19N5OS/c24-17(22-11-10-21-8-5-13(22)6-9-21)16-14-3-1-2-4-15(14)23(20-16)18-19-7-12-25-18/h1-4,7,12-13H,5-6,8-11H2. The van der Waals surface area contributed by atoms with Crippen LogP contribution in [0.3, 0.4) is 0 Å². The van der Waals surface area contributed by atoms with Gasteiger partial charge in [-0.05, 0) is 18.9 Å². The van der Waals surface area contributed by atoms with E-state index in [-0.39, 0.29) is 5.91 Å². The van der Waals surface area contributed by atoms with E-state index in [1.165, 1.54) is 11.3 Å². The fourth-order valence-electron chi connectivity index (χ4n) is 3.98. The average molecular weight is 353 g/mol. The third-order valence-electron chi connectivity index (χ3n) is 5.31. The molecule has 3 aliphatic heterocycles. The molecule has 1 amide bonds. The first kappa shape index (κ1) is 15.0. The minimum atomic E-state index is 0.0558. The van der Waals surface area contributed by atoms with Crippen LogP contribution < -0.4 is 0 Å². The summed E-state index contributed by atoms with van der Waals surface area (Å²) in [5.41, 5.74) is 1.48. The van der Waals surface area contributed by atoms with E-state index in [0.717, 1.165) is 55.1 Å². The third kappa shape index (κ3) is 2.46. The predicted molar refractivity (Wildman–Crippen MR) is 97.2 cm³/mol. The summed E-state index contributed by atoms with van der Waals surface area (Å²) < 4.78 is 1.80. The molecule has 0 saturated carbocycles. The number of para-hydroxylation sites is 1. The molecule has 3 aliphatic rings. The van der Waals surface area contributed by atoms with Crippen molar-refractivity contribution in [2.45, 2.75) is 18.9 Å². The van der Waals surface area contributed by atoms with Crippen molar-refractivity contribution in [3.63, 3.8) is 0 Å². The molecule has 0 aliphatic carbocycles. The van der Waals surface area contributed by atoms with Gasteiger partial charge in [0.05, 0.1) is 5.52 Å². The first-order valence-electron chi connectivity index (χ1n) is 8.72. The van der Waals surface area contributed by atoms with E-state index < -0.39 is 0 Å². The highest BCUT2D eigenvalue weighted by Crippen LogP contribution is 2.27. The smallest absolute Gasteiger partial charge is 0.275 e. The Bertz CT molecular complexity index is 911. The lowest BCUT2D eigenvalue weighted by Crippen LogP contribution is -2.41. The first-order valence-corrected chi connectivity index (χ1v) is 9.60. The molecule has 0 N–H and O–H groups in total. The molecule has 2 bridgehead atoms. The van der Waals surface area contributed by atoms with Gasteiger partial charge in [0.2, 0.25) is 5.13 Å². The minimum Gasteiger partial charge on any atom is -0.333 e. The number of fused-ring (bicyclic) bond motifs is 5. The van der Waals surface area contributed by atoms with Crippen LogP contribution in [0.2, 0.25) is 0 Å². The van der Waals surface area contributed by atoms with Crippen LogP contribution in [0.1, 0.15) is 23.3 Å². The van der Waals surface area contributed by atoms with Crippen molar-refractivity contribution in [3.05, 3.63) is 41.5 Å². The van der Waals surface area contributed by atoms with Gasteiger partial charge in [0.25, 0.3) is 5.91 Å². The van der Waals surface area contributed by atoms with Gasteiger partial charge in [-0.15, -0.1) is 11.3 Å². The number of benzene rings is 1. The van der Waals surface area contributed by atoms with Gasteiger partial charge in [0.1, 0.15) is 0 Å². The maximum Gasteiger partial charge on any atom is 0.275 e. The molecular formula is C18H19N5OS. The van der Waals surface area contributed by atoms with Crippen molar-refractivity contribution in [1.29, 1.82) is 0 Å². The average Bonchev–Trinajstić information content (AvgIpc) is 3.21. The number of aromatic nitrogens is 3. The summed E-state index contributed by atoms with van der Waals surface area (Å²) in [4.78, 5) is 22.2. The van der Waals surface area contributed by atoms with Gasteiger partial charge in [-0.3, -0.25) is 4.79 Å². The molecule has 128 valence electrons. The van der Waals surface area contributed by atoms with Crippen LogP contribution in [0.25, 0.3) is 16.0 Å². The van der Waals surface area contributed by atoms with Crippen LogP contribution in [-0.4, -0.2) is 62.7 Å². The summed E-state index contributed by atoms with van der Waals surface area (Å²) in [7, 11) is 0. The van der Waals surface area contributed by atoms with Gasteiger partial charge in [0, 0.05) is 49.2 Å². The van der Waals surface area contributed by atoms with Crippen LogP contribution in [0.5, 0.6) is 0 Å². The fraction of sp³-hybridized carbons (Fsp3) is 0.389.